The Morgan fingerprint density at radius 3 is 2.06 bits per heavy atom. The zero-order valence-corrected chi connectivity index (χ0v) is 20.8. The molecule has 4 aromatic rings. The molecular formula is C27H27N3O4S. The molecule has 180 valence electrons. The molecule has 2 N–H and O–H groups in total. The molecule has 4 rings (SSSR count). The molecule has 1 amide bonds. The number of aromatic nitrogens is 2. The Hall–Kier alpha value is -3.91. The molecule has 0 aliphatic heterocycles. The maximum atomic E-state index is 12.9. The minimum absolute atomic E-state index is 0.145. The minimum atomic E-state index is -0.404. The number of methoxy groups -OCH3 is 3. The number of amides is 1. The van der Waals surface area contributed by atoms with Gasteiger partial charge < -0.3 is 24.5 Å². The number of anilines is 1. The van der Waals surface area contributed by atoms with Gasteiger partial charge in [-0.2, -0.15) is 0 Å². The van der Waals surface area contributed by atoms with Gasteiger partial charge in [0.1, 0.15) is 17.2 Å². The summed E-state index contributed by atoms with van der Waals surface area (Å²) in [4.78, 5) is 21.2. The molecule has 7 nitrogen and oxygen atoms in total. The second-order valence-corrected chi connectivity index (χ2v) is 9.00. The summed E-state index contributed by atoms with van der Waals surface area (Å²) in [5.74, 6) is 2.01. The van der Waals surface area contributed by atoms with Crippen LogP contribution in [0.3, 0.4) is 0 Å². The van der Waals surface area contributed by atoms with Gasteiger partial charge >= 0.3 is 0 Å². The fourth-order valence-corrected chi connectivity index (χ4v) is 4.34. The Labute approximate surface area is 208 Å². The Morgan fingerprint density at radius 1 is 0.857 bits per heavy atom. The van der Waals surface area contributed by atoms with E-state index in [9.17, 15) is 4.79 Å². The number of carbonyl (C=O) groups is 1. The SMILES string of the molecule is COc1ccc(-c2nc(SC(C)C(=O)Nc3ccccc3OC)[nH]c2-c2ccc(OC)cc2)cc1. The Morgan fingerprint density at radius 2 is 1.46 bits per heavy atom. The number of carbonyl (C=O) groups excluding carboxylic acids is 1. The van der Waals surface area contributed by atoms with E-state index in [0.717, 1.165) is 34.0 Å². The molecule has 0 fully saturated rings. The molecule has 8 heteroatoms. The summed E-state index contributed by atoms with van der Waals surface area (Å²) >= 11 is 1.36. The first-order valence-corrected chi connectivity index (χ1v) is 11.9. The molecule has 0 saturated carbocycles. The highest BCUT2D eigenvalue weighted by atomic mass is 32.2. The van der Waals surface area contributed by atoms with Gasteiger partial charge in [-0.15, -0.1) is 0 Å². The average Bonchev–Trinajstić information content (AvgIpc) is 3.32. The minimum Gasteiger partial charge on any atom is -0.497 e. The Kier molecular flexibility index (Phi) is 7.62. The van der Waals surface area contributed by atoms with E-state index in [0.29, 0.717) is 16.6 Å². The van der Waals surface area contributed by atoms with Crippen molar-refractivity contribution in [2.24, 2.45) is 0 Å². The molecule has 0 radical (unpaired) electrons. The number of thioether (sulfide) groups is 1. The number of hydrogen-bond donors (Lipinski definition) is 2. The normalized spacial score (nSPS) is 11.5. The van der Waals surface area contributed by atoms with Gasteiger partial charge in [-0.3, -0.25) is 4.79 Å². The quantitative estimate of drug-likeness (QED) is 0.285. The van der Waals surface area contributed by atoms with Crippen LogP contribution < -0.4 is 19.5 Å². The number of H-pyrrole nitrogens is 1. The highest BCUT2D eigenvalue weighted by Gasteiger charge is 2.21. The van der Waals surface area contributed by atoms with E-state index >= 15 is 0 Å². The molecule has 0 spiro atoms. The monoisotopic (exact) mass is 489 g/mol. The fourth-order valence-electron chi connectivity index (χ4n) is 3.53. The number of nitrogens with zero attached hydrogens (tertiary/aromatic N) is 1. The van der Waals surface area contributed by atoms with Crippen LogP contribution in [0.25, 0.3) is 22.5 Å². The number of ether oxygens (including phenoxy) is 3. The highest BCUT2D eigenvalue weighted by Crippen LogP contribution is 2.35. The van der Waals surface area contributed by atoms with Gasteiger partial charge in [-0.1, -0.05) is 23.9 Å². The zero-order chi connectivity index (χ0) is 24.8. The van der Waals surface area contributed by atoms with Gasteiger partial charge in [0.2, 0.25) is 5.91 Å². The van der Waals surface area contributed by atoms with Crippen LogP contribution in [0.1, 0.15) is 6.92 Å². The van der Waals surface area contributed by atoms with Gasteiger partial charge in [0, 0.05) is 11.1 Å². The summed E-state index contributed by atoms with van der Waals surface area (Å²) in [6.45, 7) is 1.85. The number of aromatic amines is 1. The lowest BCUT2D eigenvalue weighted by molar-refractivity contribution is -0.115. The molecule has 1 heterocycles. The van der Waals surface area contributed by atoms with E-state index < -0.39 is 5.25 Å². The summed E-state index contributed by atoms with van der Waals surface area (Å²) in [6.07, 6.45) is 0. The van der Waals surface area contributed by atoms with Crippen molar-refractivity contribution in [1.29, 1.82) is 0 Å². The predicted molar refractivity (Wildman–Crippen MR) is 140 cm³/mol. The van der Waals surface area contributed by atoms with Crippen molar-refractivity contribution >= 4 is 23.4 Å². The second kappa shape index (κ2) is 11.0. The van der Waals surface area contributed by atoms with Gasteiger partial charge in [0.05, 0.1) is 43.7 Å². The molecular weight excluding hydrogens is 462 g/mol. The lowest BCUT2D eigenvalue weighted by atomic mass is 10.0. The van der Waals surface area contributed by atoms with Gasteiger partial charge in [0.15, 0.2) is 5.16 Å². The van der Waals surface area contributed by atoms with Crippen LogP contribution in [0.15, 0.2) is 78.0 Å². The van der Waals surface area contributed by atoms with Crippen LogP contribution in [0.5, 0.6) is 17.2 Å². The van der Waals surface area contributed by atoms with E-state index in [-0.39, 0.29) is 5.91 Å². The zero-order valence-electron chi connectivity index (χ0n) is 20.0. The molecule has 0 aliphatic carbocycles. The number of benzene rings is 3. The Balaban J connectivity index is 1.61. The van der Waals surface area contributed by atoms with Crippen molar-refractivity contribution in [2.75, 3.05) is 26.6 Å². The van der Waals surface area contributed by atoms with Crippen LogP contribution in [0, 0.1) is 0 Å². The van der Waals surface area contributed by atoms with Crippen LogP contribution >= 0.6 is 11.8 Å². The summed E-state index contributed by atoms with van der Waals surface area (Å²) in [7, 11) is 4.85. The maximum absolute atomic E-state index is 12.9. The third-order valence-electron chi connectivity index (χ3n) is 5.45. The predicted octanol–water partition coefficient (Wildman–Crippen LogP) is 5.89. The molecule has 3 aromatic carbocycles. The molecule has 1 atom stereocenters. The van der Waals surface area contributed by atoms with Gasteiger partial charge in [-0.05, 0) is 67.6 Å². The third kappa shape index (κ3) is 5.60. The summed E-state index contributed by atoms with van der Waals surface area (Å²) in [5, 5.41) is 3.18. The number of para-hydroxylation sites is 2. The lowest BCUT2D eigenvalue weighted by Crippen LogP contribution is -2.22. The summed E-state index contributed by atoms with van der Waals surface area (Å²) in [6, 6.07) is 22.8. The first kappa shape index (κ1) is 24.2. The number of imidazole rings is 1. The highest BCUT2D eigenvalue weighted by molar-refractivity contribution is 8.00. The van der Waals surface area contributed by atoms with Crippen LogP contribution in [-0.4, -0.2) is 42.5 Å². The second-order valence-electron chi connectivity index (χ2n) is 7.67. The van der Waals surface area contributed by atoms with Crippen molar-refractivity contribution in [3.8, 4) is 39.8 Å². The summed E-state index contributed by atoms with van der Waals surface area (Å²) in [5.41, 5.74) is 4.17. The fraction of sp³-hybridized carbons (Fsp3) is 0.185. The van der Waals surface area contributed by atoms with E-state index in [1.165, 1.54) is 11.8 Å². The first-order chi connectivity index (χ1) is 17.0. The smallest absolute Gasteiger partial charge is 0.237 e. The van der Waals surface area contributed by atoms with Crippen molar-refractivity contribution in [3.63, 3.8) is 0 Å². The van der Waals surface area contributed by atoms with Crippen molar-refractivity contribution in [2.45, 2.75) is 17.3 Å². The third-order valence-corrected chi connectivity index (χ3v) is 6.43. The molecule has 1 aromatic heterocycles. The van der Waals surface area contributed by atoms with Crippen molar-refractivity contribution in [1.82, 2.24) is 9.97 Å². The molecule has 0 aliphatic rings. The number of nitrogens with one attached hydrogen (secondary N) is 2. The topological polar surface area (TPSA) is 85.5 Å². The van der Waals surface area contributed by atoms with E-state index in [4.69, 9.17) is 19.2 Å². The largest absolute Gasteiger partial charge is 0.497 e. The van der Waals surface area contributed by atoms with E-state index in [1.807, 2.05) is 79.7 Å². The number of hydrogen-bond acceptors (Lipinski definition) is 6. The van der Waals surface area contributed by atoms with Crippen molar-refractivity contribution in [3.05, 3.63) is 72.8 Å². The standard InChI is InChI=1S/C27H27N3O4S/c1-17(26(31)28-22-7-5-6-8-23(22)34-4)35-27-29-24(18-9-13-20(32-2)14-10-18)25(30-27)19-11-15-21(33-3)16-12-19/h5-17H,1-4H3,(H,28,31)(H,29,30). The van der Waals surface area contributed by atoms with Gasteiger partial charge in [0.25, 0.3) is 0 Å². The first-order valence-electron chi connectivity index (χ1n) is 11.0. The molecule has 1 unspecified atom stereocenters. The van der Waals surface area contributed by atoms with Gasteiger partial charge in [-0.25, -0.2) is 4.98 Å². The molecule has 35 heavy (non-hydrogen) atoms. The summed E-state index contributed by atoms with van der Waals surface area (Å²) < 4.78 is 15.9. The average molecular weight is 490 g/mol. The lowest BCUT2D eigenvalue weighted by Gasteiger charge is -2.13. The van der Waals surface area contributed by atoms with E-state index in [1.54, 1.807) is 21.3 Å². The maximum Gasteiger partial charge on any atom is 0.237 e. The van der Waals surface area contributed by atoms with E-state index in [2.05, 4.69) is 10.3 Å². The Bertz CT molecular complexity index is 1220. The van der Waals surface area contributed by atoms with Crippen LogP contribution in [0.2, 0.25) is 0 Å². The number of rotatable bonds is 9. The van der Waals surface area contributed by atoms with Crippen LogP contribution in [-0.2, 0) is 4.79 Å². The molecule has 0 bridgehead atoms. The molecule has 0 saturated heterocycles. The van der Waals surface area contributed by atoms with Crippen molar-refractivity contribution < 1.29 is 19.0 Å². The van der Waals surface area contributed by atoms with Crippen LogP contribution in [0.4, 0.5) is 5.69 Å².